The fraction of sp³-hybridized carbons (Fsp3) is 0.188. The van der Waals surface area contributed by atoms with Crippen molar-refractivity contribution in [3.05, 3.63) is 53.8 Å². The van der Waals surface area contributed by atoms with Crippen molar-refractivity contribution in [1.29, 1.82) is 0 Å². The van der Waals surface area contributed by atoms with Gasteiger partial charge in [0.05, 0.1) is 21.7 Å². The molecule has 2 amide bonds. The highest BCUT2D eigenvalue weighted by atomic mass is 32.2. The molecule has 23 heavy (non-hydrogen) atoms. The molecule has 0 aliphatic rings. The Morgan fingerprint density at radius 3 is 2.61 bits per heavy atom. The highest BCUT2D eigenvalue weighted by Gasteiger charge is 2.12. The van der Waals surface area contributed by atoms with Crippen molar-refractivity contribution in [3.63, 3.8) is 0 Å². The molecule has 3 N–H and O–H groups in total. The molecule has 0 radical (unpaired) electrons. The Labute approximate surface area is 136 Å². The van der Waals surface area contributed by atoms with E-state index in [9.17, 15) is 18.5 Å². The van der Waals surface area contributed by atoms with Gasteiger partial charge >= 0.3 is 6.03 Å². The van der Waals surface area contributed by atoms with Crippen LogP contribution in [0.25, 0.3) is 0 Å². The largest absolute Gasteiger partial charge is 0.508 e. The van der Waals surface area contributed by atoms with E-state index in [4.69, 9.17) is 0 Å². The number of phenols is 1. The molecule has 2 aromatic rings. The number of carbonyl (C=O) groups excluding carboxylic acids is 1. The van der Waals surface area contributed by atoms with Gasteiger partial charge in [0.2, 0.25) is 0 Å². The van der Waals surface area contributed by atoms with Crippen LogP contribution in [-0.2, 0) is 10.8 Å². The van der Waals surface area contributed by atoms with Crippen LogP contribution in [0.3, 0.4) is 0 Å². The molecule has 0 aromatic heterocycles. The maximum absolute atomic E-state index is 13.7. The molecule has 5 nitrogen and oxygen atoms in total. The van der Waals surface area contributed by atoms with Gasteiger partial charge in [0.1, 0.15) is 11.6 Å². The van der Waals surface area contributed by atoms with Crippen LogP contribution in [0.1, 0.15) is 18.5 Å². The number of halogens is 1. The topological polar surface area (TPSA) is 78.4 Å². The summed E-state index contributed by atoms with van der Waals surface area (Å²) in [6.07, 6.45) is 1.38. The molecule has 0 aliphatic carbocycles. The number of phenolic OH excluding ortho intramolecular Hbond substituents is 1. The molecule has 0 unspecified atom stereocenters. The van der Waals surface area contributed by atoms with Gasteiger partial charge in [-0.15, -0.1) is 0 Å². The Kier molecular flexibility index (Phi) is 5.33. The molecule has 2 atom stereocenters. The summed E-state index contributed by atoms with van der Waals surface area (Å²) in [6, 6.07) is 9.68. The summed E-state index contributed by atoms with van der Waals surface area (Å²) in [5.41, 5.74) is 1.00. The van der Waals surface area contributed by atoms with E-state index >= 15 is 0 Å². The van der Waals surface area contributed by atoms with Crippen LogP contribution in [0.2, 0.25) is 0 Å². The lowest BCUT2D eigenvalue weighted by Crippen LogP contribution is -2.31. The fourth-order valence-electron chi connectivity index (χ4n) is 2.05. The summed E-state index contributed by atoms with van der Waals surface area (Å²) in [5, 5.41) is 14.6. The second-order valence-electron chi connectivity index (χ2n) is 5.01. The summed E-state index contributed by atoms with van der Waals surface area (Å²) in [5.74, 6) is -0.522. The van der Waals surface area contributed by atoms with E-state index in [1.54, 1.807) is 25.1 Å². The SMILES string of the molecule is C[C@H](NC(=O)Nc1ccc([S@@](C)=O)c(F)c1)c1cccc(O)c1. The molecule has 0 saturated heterocycles. The van der Waals surface area contributed by atoms with Crippen molar-refractivity contribution >= 4 is 22.5 Å². The predicted molar refractivity (Wildman–Crippen MR) is 87.4 cm³/mol. The van der Waals surface area contributed by atoms with Gasteiger partial charge in [-0.1, -0.05) is 12.1 Å². The second-order valence-corrected chi connectivity index (χ2v) is 6.36. The molecule has 7 heteroatoms. The Bertz CT molecular complexity index is 752. The minimum absolute atomic E-state index is 0.0871. The van der Waals surface area contributed by atoms with Crippen molar-refractivity contribution in [3.8, 4) is 5.75 Å². The summed E-state index contributed by atoms with van der Waals surface area (Å²) in [6.45, 7) is 1.76. The van der Waals surface area contributed by atoms with Gasteiger partial charge in [-0.2, -0.15) is 0 Å². The van der Waals surface area contributed by atoms with E-state index in [-0.39, 0.29) is 22.4 Å². The van der Waals surface area contributed by atoms with Crippen molar-refractivity contribution in [1.82, 2.24) is 5.32 Å². The number of anilines is 1. The number of hydrogen-bond acceptors (Lipinski definition) is 3. The summed E-state index contributed by atoms with van der Waals surface area (Å²) in [7, 11) is -1.42. The van der Waals surface area contributed by atoms with Crippen molar-refractivity contribution in [2.75, 3.05) is 11.6 Å². The molecule has 2 rings (SSSR count). The molecule has 0 heterocycles. The highest BCUT2D eigenvalue weighted by Crippen LogP contribution is 2.19. The average molecular weight is 336 g/mol. The van der Waals surface area contributed by atoms with E-state index in [2.05, 4.69) is 10.6 Å². The number of nitrogens with one attached hydrogen (secondary N) is 2. The minimum Gasteiger partial charge on any atom is -0.508 e. The number of amides is 2. The molecule has 0 aliphatic heterocycles. The van der Waals surface area contributed by atoms with Crippen LogP contribution in [0.5, 0.6) is 5.75 Å². The van der Waals surface area contributed by atoms with E-state index in [0.717, 1.165) is 11.6 Å². The Balaban J connectivity index is 2.02. The van der Waals surface area contributed by atoms with Gasteiger partial charge in [0, 0.05) is 11.9 Å². The first-order valence-corrected chi connectivity index (χ1v) is 8.42. The third-order valence-electron chi connectivity index (χ3n) is 3.22. The zero-order valence-electron chi connectivity index (χ0n) is 12.7. The maximum Gasteiger partial charge on any atom is 0.319 e. The van der Waals surface area contributed by atoms with E-state index in [0.29, 0.717) is 0 Å². The Hall–Kier alpha value is -2.41. The second kappa shape index (κ2) is 7.23. The van der Waals surface area contributed by atoms with Crippen molar-refractivity contribution in [2.45, 2.75) is 17.9 Å². The van der Waals surface area contributed by atoms with Crippen molar-refractivity contribution < 1.29 is 18.5 Å². The van der Waals surface area contributed by atoms with E-state index < -0.39 is 22.6 Å². The first-order valence-electron chi connectivity index (χ1n) is 6.86. The molecule has 0 spiro atoms. The van der Waals surface area contributed by atoms with Crippen LogP contribution in [0, 0.1) is 5.82 Å². The van der Waals surface area contributed by atoms with Crippen LogP contribution in [-0.4, -0.2) is 21.6 Å². The monoisotopic (exact) mass is 336 g/mol. The van der Waals surface area contributed by atoms with Crippen LogP contribution < -0.4 is 10.6 Å². The molecule has 0 saturated carbocycles. The van der Waals surface area contributed by atoms with Gasteiger partial charge in [-0.05, 0) is 42.8 Å². The smallest absolute Gasteiger partial charge is 0.319 e. The normalized spacial score (nSPS) is 13.2. The molecular weight excluding hydrogens is 319 g/mol. The first-order chi connectivity index (χ1) is 10.9. The number of aromatic hydroxyl groups is 1. The lowest BCUT2D eigenvalue weighted by molar-refractivity contribution is 0.249. The first kappa shape index (κ1) is 17.0. The third kappa shape index (κ3) is 4.53. The standard InChI is InChI=1S/C16H17FN2O3S/c1-10(11-4-3-5-13(20)8-11)18-16(21)19-12-6-7-15(23(2)22)14(17)9-12/h3-10,20H,1-2H3,(H2,18,19,21)/t10-,23+/m0/s1. The third-order valence-corrected chi connectivity index (χ3v) is 4.17. The highest BCUT2D eigenvalue weighted by molar-refractivity contribution is 7.84. The van der Waals surface area contributed by atoms with E-state index in [1.165, 1.54) is 24.5 Å². The quantitative estimate of drug-likeness (QED) is 0.802. The summed E-state index contributed by atoms with van der Waals surface area (Å²) >= 11 is 0. The minimum atomic E-state index is -1.42. The number of rotatable bonds is 4. The fourth-order valence-corrected chi connectivity index (χ4v) is 2.65. The molecular formula is C16H17FN2O3S. The van der Waals surface area contributed by atoms with Gasteiger partial charge < -0.3 is 15.7 Å². The Morgan fingerprint density at radius 1 is 1.26 bits per heavy atom. The molecule has 0 bridgehead atoms. The maximum atomic E-state index is 13.7. The summed E-state index contributed by atoms with van der Waals surface area (Å²) in [4.78, 5) is 12.0. The lowest BCUT2D eigenvalue weighted by Gasteiger charge is -2.15. The predicted octanol–water partition coefficient (Wildman–Crippen LogP) is 3.15. The van der Waals surface area contributed by atoms with Gasteiger partial charge in [0.15, 0.2) is 0 Å². The average Bonchev–Trinajstić information content (AvgIpc) is 2.46. The van der Waals surface area contributed by atoms with Gasteiger partial charge in [-0.25, -0.2) is 9.18 Å². The van der Waals surface area contributed by atoms with Crippen LogP contribution in [0.4, 0.5) is 14.9 Å². The van der Waals surface area contributed by atoms with E-state index in [1.807, 2.05) is 0 Å². The van der Waals surface area contributed by atoms with Gasteiger partial charge in [0.25, 0.3) is 0 Å². The van der Waals surface area contributed by atoms with Crippen molar-refractivity contribution in [2.24, 2.45) is 0 Å². The Morgan fingerprint density at radius 2 is 2.00 bits per heavy atom. The number of benzene rings is 2. The zero-order valence-corrected chi connectivity index (χ0v) is 13.5. The number of urea groups is 1. The lowest BCUT2D eigenvalue weighted by atomic mass is 10.1. The molecule has 122 valence electrons. The molecule has 2 aromatic carbocycles. The summed E-state index contributed by atoms with van der Waals surface area (Å²) < 4.78 is 25.0. The molecule has 0 fully saturated rings. The number of carbonyl (C=O) groups is 1. The van der Waals surface area contributed by atoms with Crippen LogP contribution in [0.15, 0.2) is 47.4 Å². The number of hydrogen-bond donors (Lipinski definition) is 3. The van der Waals surface area contributed by atoms with Crippen LogP contribution >= 0.6 is 0 Å². The van der Waals surface area contributed by atoms with Gasteiger partial charge in [-0.3, -0.25) is 4.21 Å². The zero-order chi connectivity index (χ0) is 17.0.